The molecule has 0 fully saturated rings. The molecule has 0 saturated heterocycles. The summed E-state index contributed by atoms with van der Waals surface area (Å²) < 4.78 is 9.05. The first-order valence-corrected chi connectivity index (χ1v) is 6.80. The number of methoxy groups -OCH3 is 2. The van der Waals surface area contributed by atoms with Crippen LogP contribution < -0.4 is 5.73 Å². The molecule has 0 aliphatic heterocycles. The van der Waals surface area contributed by atoms with Gasteiger partial charge in [-0.25, -0.2) is 4.79 Å². The van der Waals surface area contributed by atoms with Crippen molar-refractivity contribution in [1.82, 2.24) is 4.90 Å². The van der Waals surface area contributed by atoms with Crippen LogP contribution in [0.2, 0.25) is 0 Å². The summed E-state index contributed by atoms with van der Waals surface area (Å²) in [5.74, 6) is -1.97. The highest BCUT2D eigenvalue weighted by molar-refractivity contribution is 6.01. The predicted molar refractivity (Wildman–Crippen MR) is 80.9 cm³/mol. The van der Waals surface area contributed by atoms with Crippen molar-refractivity contribution < 1.29 is 23.9 Å². The minimum absolute atomic E-state index is 0.108. The monoisotopic (exact) mass is 313 g/mol. The Hall–Kier alpha value is -2.38. The first kappa shape index (κ1) is 19.6. The standard InChI is InChI=1S/C14H23N3O5/c1-5-6-7-17(11(18)8-12(19)21-3)10(9-16-2)13(15)14(20)22-4/h9H,5-8,15H2,1-4H3/b13-10+,16-9?. The average molecular weight is 313 g/mol. The maximum absolute atomic E-state index is 12.3. The molecule has 1 amide bonds. The van der Waals surface area contributed by atoms with E-state index in [1.165, 1.54) is 32.4 Å². The zero-order valence-electron chi connectivity index (χ0n) is 13.4. The third-order valence-corrected chi connectivity index (χ3v) is 2.78. The van der Waals surface area contributed by atoms with Crippen LogP contribution in [-0.2, 0) is 23.9 Å². The van der Waals surface area contributed by atoms with Gasteiger partial charge in [0.05, 0.1) is 19.9 Å². The van der Waals surface area contributed by atoms with Gasteiger partial charge in [-0.3, -0.25) is 14.6 Å². The number of esters is 2. The number of unbranched alkanes of at least 4 members (excludes halogenated alkanes) is 1. The Morgan fingerprint density at radius 2 is 1.86 bits per heavy atom. The Morgan fingerprint density at radius 3 is 2.32 bits per heavy atom. The Kier molecular flexibility index (Phi) is 9.24. The molecule has 0 aromatic heterocycles. The molecule has 8 nitrogen and oxygen atoms in total. The number of amides is 1. The second-order valence-corrected chi connectivity index (χ2v) is 4.33. The summed E-state index contributed by atoms with van der Waals surface area (Å²) in [7, 11) is 3.86. The Morgan fingerprint density at radius 1 is 1.23 bits per heavy atom. The van der Waals surface area contributed by atoms with Gasteiger partial charge in [0.1, 0.15) is 12.1 Å². The third-order valence-electron chi connectivity index (χ3n) is 2.78. The quantitative estimate of drug-likeness (QED) is 0.297. The Bertz CT molecular complexity index is 471. The van der Waals surface area contributed by atoms with Gasteiger partial charge in [0.15, 0.2) is 0 Å². The number of hydrogen-bond acceptors (Lipinski definition) is 7. The van der Waals surface area contributed by atoms with Crippen molar-refractivity contribution in [1.29, 1.82) is 0 Å². The molecule has 22 heavy (non-hydrogen) atoms. The fourth-order valence-electron chi connectivity index (χ4n) is 1.61. The largest absolute Gasteiger partial charge is 0.469 e. The van der Waals surface area contributed by atoms with E-state index in [0.29, 0.717) is 13.0 Å². The fraction of sp³-hybridized carbons (Fsp3) is 0.571. The van der Waals surface area contributed by atoms with E-state index in [4.69, 9.17) is 5.73 Å². The average Bonchev–Trinajstić information content (AvgIpc) is 2.52. The highest BCUT2D eigenvalue weighted by Gasteiger charge is 2.24. The van der Waals surface area contributed by atoms with E-state index < -0.39 is 24.3 Å². The summed E-state index contributed by atoms with van der Waals surface area (Å²) in [6, 6.07) is 0. The summed E-state index contributed by atoms with van der Waals surface area (Å²) in [6.07, 6.45) is 2.33. The van der Waals surface area contributed by atoms with E-state index in [9.17, 15) is 14.4 Å². The molecule has 0 bridgehead atoms. The van der Waals surface area contributed by atoms with Gasteiger partial charge in [-0.2, -0.15) is 0 Å². The molecule has 2 N–H and O–H groups in total. The van der Waals surface area contributed by atoms with Gasteiger partial charge in [-0.15, -0.1) is 0 Å². The highest BCUT2D eigenvalue weighted by atomic mass is 16.5. The lowest BCUT2D eigenvalue weighted by Crippen LogP contribution is -2.36. The number of hydrogen-bond donors (Lipinski definition) is 1. The summed E-state index contributed by atoms with van der Waals surface area (Å²) in [5.41, 5.74) is 5.60. The predicted octanol–water partition coefficient (Wildman–Crippen LogP) is 0.222. The molecular weight excluding hydrogens is 290 g/mol. The molecule has 124 valence electrons. The van der Waals surface area contributed by atoms with E-state index in [2.05, 4.69) is 14.5 Å². The number of nitrogens with two attached hydrogens (primary N) is 1. The van der Waals surface area contributed by atoms with E-state index in [1.54, 1.807) is 0 Å². The second kappa shape index (κ2) is 10.4. The first-order valence-electron chi connectivity index (χ1n) is 6.80. The van der Waals surface area contributed by atoms with Crippen LogP contribution in [0.3, 0.4) is 0 Å². The molecule has 0 aromatic rings. The van der Waals surface area contributed by atoms with Gasteiger partial charge in [-0.05, 0) is 6.42 Å². The molecule has 0 aliphatic rings. The van der Waals surface area contributed by atoms with Gasteiger partial charge in [0.25, 0.3) is 0 Å². The molecule has 8 heteroatoms. The van der Waals surface area contributed by atoms with Crippen molar-refractivity contribution in [3.8, 4) is 0 Å². The number of carbonyl (C=O) groups is 3. The molecule has 0 heterocycles. The van der Waals surface area contributed by atoms with Gasteiger partial charge in [0.2, 0.25) is 5.91 Å². The van der Waals surface area contributed by atoms with Crippen molar-refractivity contribution in [2.75, 3.05) is 27.8 Å². The molecular formula is C14H23N3O5. The summed E-state index contributed by atoms with van der Waals surface area (Å²) in [5, 5.41) is 0. The maximum Gasteiger partial charge on any atom is 0.356 e. The number of nitrogens with zero attached hydrogens (tertiary/aromatic N) is 2. The van der Waals surface area contributed by atoms with Crippen molar-refractivity contribution in [3.05, 3.63) is 11.4 Å². The lowest BCUT2D eigenvalue weighted by Gasteiger charge is -2.24. The summed E-state index contributed by atoms with van der Waals surface area (Å²) >= 11 is 0. The number of carbonyl (C=O) groups excluding carboxylic acids is 3. The van der Waals surface area contributed by atoms with Crippen LogP contribution in [-0.4, -0.2) is 56.8 Å². The molecule has 0 unspecified atom stereocenters. The summed E-state index contributed by atoms with van der Waals surface area (Å²) in [6.45, 7) is 2.25. The third kappa shape index (κ3) is 5.94. The van der Waals surface area contributed by atoms with Gasteiger partial charge < -0.3 is 20.1 Å². The van der Waals surface area contributed by atoms with Crippen molar-refractivity contribution >= 4 is 24.1 Å². The minimum Gasteiger partial charge on any atom is -0.469 e. The lowest BCUT2D eigenvalue weighted by atomic mass is 10.2. The molecule has 0 aromatic carbocycles. The van der Waals surface area contributed by atoms with Crippen LogP contribution in [0.25, 0.3) is 0 Å². The fourth-order valence-corrected chi connectivity index (χ4v) is 1.61. The molecule has 0 radical (unpaired) electrons. The number of ether oxygens (including phenoxy) is 2. The number of allylic oxidation sites excluding steroid dienone is 1. The zero-order valence-corrected chi connectivity index (χ0v) is 13.4. The SMILES string of the molecule is CCCCN(C(=O)CC(=O)OC)/C(C=NC)=C(/N)C(=O)OC. The Balaban J connectivity index is 5.63. The normalized spacial score (nSPS) is 11.8. The Labute approximate surface area is 130 Å². The second-order valence-electron chi connectivity index (χ2n) is 4.33. The van der Waals surface area contributed by atoms with E-state index in [1.807, 2.05) is 6.92 Å². The topological polar surface area (TPSA) is 111 Å². The van der Waals surface area contributed by atoms with Crippen LogP contribution in [0.1, 0.15) is 26.2 Å². The number of rotatable bonds is 8. The zero-order chi connectivity index (χ0) is 17.1. The van der Waals surface area contributed by atoms with Crippen LogP contribution in [0, 0.1) is 0 Å². The summed E-state index contributed by atoms with van der Waals surface area (Å²) in [4.78, 5) is 40.2. The van der Waals surface area contributed by atoms with Crippen molar-refractivity contribution in [2.45, 2.75) is 26.2 Å². The van der Waals surface area contributed by atoms with Crippen LogP contribution in [0.4, 0.5) is 0 Å². The van der Waals surface area contributed by atoms with E-state index >= 15 is 0 Å². The van der Waals surface area contributed by atoms with Gasteiger partial charge >= 0.3 is 11.9 Å². The van der Waals surface area contributed by atoms with Crippen molar-refractivity contribution in [3.63, 3.8) is 0 Å². The highest BCUT2D eigenvalue weighted by Crippen LogP contribution is 2.11. The molecule has 0 rings (SSSR count). The van der Waals surface area contributed by atoms with Crippen molar-refractivity contribution in [2.24, 2.45) is 10.7 Å². The van der Waals surface area contributed by atoms with Crippen LogP contribution in [0.5, 0.6) is 0 Å². The minimum atomic E-state index is -0.776. The molecule has 0 saturated carbocycles. The van der Waals surface area contributed by atoms with Crippen LogP contribution >= 0.6 is 0 Å². The molecule has 0 spiro atoms. The smallest absolute Gasteiger partial charge is 0.356 e. The van der Waals surface area contributed by atoms with E-state index in [-0.39, 0.29) is 11.4 Å². The van der Waals surface area contributed by atoms with Gasteiger partial charge in [-0.1, -0.05) is 13.3 Å². The lowest BCUT2D eigenvalue weighted by molar-refractivity contribution is -0.146. The van der Waals surface area contributed by atoms with Gasteiger partial charge in [0, 0.05) is 19.8 Å². The molecule has 0 aliphatic carbocycles. The molecule has 0 atom stereocenters. The van der Waals surface area contributed by atoms with E-state index in [0.717, 1.165) is 6.42 Å². The first-order chi connectivity index (χ1) is 10.4. The van der Waals surface area contributed by atoms with Crippen LogP contribution in [0.15, 0.2) is 16.4 Å². The maximum atomic E-state index is 12.3. The number of aliphatic imine (C=N–C) groups is 1.